The van der Waals surface area contributed by atoms with Crippen LogP contribution in [0.4, 0.5) is 0 Å². The summed E-state index contributed by atoms with van der Waals surface area (Å²) in [5, 5.41) is 9.31. The summed E-state index contributed by atoms with van der Waals surface area (Å²) in [6.45, 7) is 7.59. The summed E-state index contributed by atoms with van der Waals surface area (Å²) < 4.78 is 0. The summed E-state index contributed by atoms with van der Waals surface area (Å²) in [7, 11) is 0. The molecule has 0 spiro atoms. The minimum atomic E-state index is -0.0730. The second-order valence-electron chi connectivity index (χ2n) is 4.29. The van der Waals surface area contributed by atoms with E-state index in [4.69, 9.17) is 0 Å². The van der Waals surface area contributed by atoms with Crippen LogP contribution < -0.4 is 0 Å². The average Bonchev–Trinajstić information content (AvgIpc) is 2.34. The van der Waals surface area contributed by atoms with Gasteiger partial charge in [0.2, 0.25) is 0 Å². The van der Waals surface area contributed by atoms with E-state index in [-0.39, 0.29) is 11.7 Å². The second-order valence-corrected chi connectivity index (χ2v) is 4.29. The molecule has 0 aliphatic heterocycles. The lowest BCUT2D eigenvalue weighted by molar-refractivity contribution is 0.0740. The fraction of sp³-hybridized carbons (Fsp3) is 0.538. The fourth-order valence-electron chi connectivity index (χ4n) is 1.59. The number of nitrogens with zero attached hydrogens (tertiary/aromatic N) is 2. The van der Waals surface area contributed by atoms with Crippen molar-refractivity contribution < 1.29 is 9.90 Å². The minimum Gasteiger partial charge on any atom is -0.506 e. The molecule has 17 heavy (non-hydrogen) atoms. The van der Waals surface area contributed by atoms with Crippen molar-refractivity contribution in [1.82, 2.24) is 9.88 Å². The van der Waals surface area contributed by atoms with Gasteiger partial charge in [-0.1, -0.05) is 20.3 Å². The maximum absolute atomic E-state index is 12.2. The number of carbonyl (C=O) groups excluding carboxylic acids is 1. The third-order valence-electron chi connectivity index (χ3n) is 2.87. The Morgan fingerprint density at radius 3 is 2.71 bits per heavy atom. The van der Waals surface area contributed by atoms with Crippen molar-refractivity contribution in [1.29, 1.82) is 0 Å². The molecule has 1 aromatic rings. The number of pyridine rings is 1. The molecule has 0 aromatic carbocycles. The molecule has 0 aliphatic carbocycles. The third-order valence-corrected chi connectivity index (χ3v) is 2.87. The van der Waals surface area contributed by atoms with Crippen molar-refractivity contribution >= 4 is 5.91 Å². The molecule has 0 fully saturated rings. The highest BCUT2D eigenvalue weighted by Crippen LogP contribution is 2.13. The summed E-state index contributed by atoms with van der Waals surface area (Å²) in [5.74, 6) is 0.427. The Labute approximate surface area is 102 Å². The lowest BCUT2D eigenvalue weighted by Crippen LogP contribution is -2.34. The molecule has 1 aromatic heterocycles. The van der Waals surface area contributed by atoms with Gasteiger partial charge >= 0.3 is 0 Å². The van der Waals surface area contributed by atoms with Crippen LogP contribution >= 0.6 is 0 Å². The van der Waals surface area contributed by atoms with E-state index in [1.165, 1.54) is 18.5 Å². The van der Waals surface area contributed by atoms with E-state index in [2.05, 4.69) is 18.8 Å². The van der Waals surface area contributed by atoms with Crippen molar-refractivity contribution in [2.24, 2.45) is 5.92 Å². The quantitative estimate of drug-likeness (QED) is 0.853. The van der Waals surface area contributed by atoms with Gasteiger partial charge in [-0.3, -0.25) is 9.78 Å². The molecule has 1 amide bonds. The van der Waals surface area contributed by atoms with Gasteiger partial charge in [-0.25, -0.2) is 0 Å². The molecule has 4 heteroatoms. The van der Waals surface area contributed by atoms with Gasteiger partial charge in [-0.15, -0.1) is 0 Å². The molecule has 0 bridgehead atoms. The number of rotatable bonds is 5. The first-order valence-corrected chi connectivity index (χ1v) is 6.01. The zero-order chi connectivity index (χ0) is 12.8. The summed E-state index contributed by atoms with van der Waals surface area (Å²) in [6.07, 6.45) is 3.85. The summed E-state index contributed by atoms with van der Waals surface area (Å²) in [6, 6.07) is 1.45. The van der Waals surface area contributed by atoms with Crippen LogP contribution in [0.2, 0.25) is 0 Å². The Morgan fingerprint density at radius 1 is 1.47 bits per heavy atom. The molecule has 0 saturated carbocycles. The van der Waals surface area contributed by atoms with Crippen LogP contribution in [0.5, 0.6) is 5.75 Å². The SMILES string of the molecule is CCC(C)CN(CC)C(=O)c1cncc(O)c1. The maximum atomic E-state index is 12.2. The topological polar surface area (TPSA) is 53.4 Å². The van der Waals surface area contributed by atoms with Crippen LogP contribution in [0, 0.1) is 5.92 Å². The van der Waals surface area contributed by atoms with E-state index in [0.29, 0.717) is 18.0 Å². The molecule has 1 atom stereocenters. The molecule has 1 rings (SSSR count). The Balaban J connectivity index is 2.79. The number of aromatic nitrogens is 1. The summed E-state index contributed by atoms with van der Waals surface area (Å²) in [5.41, 5.74) is 0.440. The van der Waals surface area contributed by atoms with Gasteiger partial charge in [0.15, 0.2) is 0 Å². The van der Waals surface area contributed by atoms with Crippen molar-refractivity contribution in [3.8, 4) is 5.75 Å². The van der Waals surface area contributed by atoms with Gasteiger partial charge in [0.1, 0.15) is 5.75 Å². The molecule has 4 nitrogen and oxygen atoms in total. The Kier molecular flexibility index (Phi) is 4.94. The number of amides is 1. The minimum absolute atomic E-state index is 0.0236. The van der Waals surface area contributed by atoms with Crippen LogP contribution in [-0.2, 0) is 0 Å². The maximum Gasteiger partial charge on any atom is 0.255 e. The van der Waals surface area contributed by atoms with E-state index in [1.807, 2.05) is 6.92 Å². The lowest BCUT2D eigenvalue weighted by Gasteiger charge is -2.24. The van der Waals surface area contributed by atoms with Crippen molar-refractivity contribution in [3.05, 3.63) is 24.0 Å². The predicted octanol–water partition coefficient (Wildman–Crippen LogP) is 2.30. The van der Waals surface area contributed by atoms with Crippen molar-refractivity contribution in [2.75, 3.05) is 13.1 Å². The Hall–Kier alpha value is -1.58. The molecule has 1 heterocycles. The van der Waals surface area contributed by atoms with E-state index in [9.17, 15) is 9.90 Å². The van der Waals surface area contributed by atoms with Crippen molar-refractivity contribution in [3.63, 3.8) is 0 Å². The summed E-state index contributed by atoms with van der Waals surface area (Å²) in [4.78, 5) is 17.8. The first-order valence-electron chi connectivity index (χ1n) is 6.01. The van der Waals surface area contributed by atoms with E-state index < -0.39 is 0 Å². The van der Waals surface area contributed by atoms with Crippen LogP contribution in [0.3, 0.4) is 0 Å². The zero-order valence-corrected chi connectivity index (χ0v) is 10.7. The molecule has 94 valence electrons. The highest BCUT2D eigenvalue weighted by Gasteiger charge is 2.16. The van der Waals surface area contributed by atoms with E-state index >= 15 is 0 Å². The van der Waals surface area contributed by atoms with Gasteiger partial charge < -0.3 is 10.0 Å². The standard InChI is InChI=1S/C13H20N2O2/c1-4-10(3)9-15(5-2)13(17)11-6-12(16)8-14-7-11/h6-8,10,16H,4-5,9H2,1-3H3. The van der Waals surface area contributed by atoms with Gasteiger partial charge in [-0.05, 0) is 18.9 Å². The number of hydrogen-bond acceptors (Lipinski definition) is 3. The Morgan fingerprint density at radius 2 is 2.18 bits per heavy atom. The van der Waals surface area contributed by atoms with E-state index in [0.717, 1.165) is 13.0 Å². The number of aromatic hydroxyl groups is 1. The molecular formula is C13H20N2O2. The van der Waals surface area contributed by atoms with Gasteiger partial charge in [0, 0.05) is 19.3 Å². The average molecular weight is 236 g/mol. The third kappa shape index (κ3) is 3.73. The normalized spacial score (nSPS) is 12.2. The first kappa shape index (κ1) is 13.5. The number of carbonyl (C=O) groups is 1. The molecule has 1 N–H and O–H groups in total. The monoisotopic (exact) mass is 236 g/mol. The predicted molar refractivity (Wildman–Crippen MR) is 66.9 cm³/mol. The highest BCUT2D eigenvalue weighted by atomic mass is 16.3. The highest BCUT2D eigenvalue weighted by molar-refractivity contribution is 5.94. The van der Waals surface area contributed by atoms with E-state index in [1.54, 1.807) is 4.90 Å². The molecular weight excluding hydrogens is 216 g/mol. The molecule has 0 radical (unpaired) electrons. The lowest BCUT2D eigenvalue weighted by atomic mass is 10.1. The van der Waals surface area contributed by atoms with Crippen LogP contribution in [0.1, 0.15) is 37.6 Å². The summed E-state index contributed by atoms with van der Waals surface area (Å²) >= 11 is 0. The Bertz CT molecular complexity index is 379. The first-order chi connectivity index (χ1) is 8.08. The van der Waals surface area contributed by atoms with Gasteiger partial charge in [-0.2, -0.15) is 0 Å². The molecule has 0 saturated heterocycles. The number of hydrogen-bond donors (Lipinski definition) is 1. The van der Waals surface area contributed by atoms with Crippen LogP contribution in [-0.4, -0.2) is 34.0 Å². The molecule has 0 aliphatic rings. The largest absolute Gasteiger partial charge is 0.506 e. The van der Waals surface area contributed by atoms with Crippen molar-refractivity contribution in [2.45, 2.75) is 27.2 Å². The zero-order valence-electron chi connectivity index (χ0n) is 10.7. The molecule has 1 unspecified atom stereocenters. The van der Waals surface area contributed by atoms with Crippen LogP contribution in [0.25, 0.3) is 0 Å². The fourth-order valence-corrected chi connectivity index (χ4v) is 1.59. The van der Waals surface area contributed by atoms with Crippen LogP contribution in [0.15, 0.2) is 18.5 Å². The second kappa shape index (κ2) is 6.23. The van der Waals surface area contributed by atoms with Gasteiger partial charge in [0.25, 0.3) is 5.91 Å². The smallest absolute Gasteiger partial charge is 0.255 e. The van der Waals surface area contributed by atoms with Gasteiger partial charge in [0.05, 0.1) is 11.8 Å².